The van der Waals surface area contributed by atoms with Crippen molar-refractivity contribution in [3.8, 4) is 0 Å². The van der Waals surface area contributed by atoms with Gasteiger partial charge in [0.2, 0.25) is 0 Å². The van der Waals surface area contributed by atoms with Crippen molar-refractivity contribution in [3.63, 3.8) is 0 Å². The van der Waals surface area contributed by atoms with Gasteiger partial charge in [-0.25, -0.2) is 0 Å². The molecule has 0 heterocycles. The predicted octanol–water partition coefficient (Wildman–Crippen LogP) is 17.0. The Kier molecular flexibility index (Phi) is 11.3. The van der Waals surface area contributed by atoms with E-state index in [1.54, 1.807) is 0 Å². The number of benzene rings is 6. The van der Waals surface area contributed by atoms with Crippen LogP contribution in [-0.4, -0.2) is 0 Å². The molecule has 0 fully saturated rings. The molecule has 5 aliphatic rings. The van der Waals surface area contributed by atoms with E-state index in [0.717, 1.165) is 62.0 Å². The van der Waals surface area contributed by atoms with Gasteiger partial charge in [0.05, 0.1) is 0 Å². The Bertz CT molecular complexity index is 3000. The lowest BCUT2D eigenvalue weighted by molar-refractivity contribution is 0.574. The van der Waals surface area contributed by atoms with Gasteiger partial charge in [-0.1, -0.05) is 171 Å². The van der Waals surface area contributed by atoms with Crippen LogP contribution in [0.5, 0.6) is 0 Å². The first-order valence-corrected chi connectivity index (χ1v) is 24.1. The molecule has 0 radical (unpaired) electrons. The number of fused-ring (bicyclic) bond motifs is 2. The SMILES string of the molecule is CC1=C(N(C2=CCC(c3cccc4c3C=CCC4)C=C2)c2ccc(C3=CC(c4ccc(N(c5ccccc5)c5ccc([C@]6(C)CC=Cc7ccccc76)cc5)cc4)CC=C3)cc2)CCC=C1. The van der Waals surface area contributed by atoms with Crippen LogP contribution in [0.2, 0.25) is 0 Å². The molecule has 0 aromatic heterocycles. The fourth-order valence-corrected chi connectivity index (χ4v) is 11.1. The maximum Gasteiger partial charge on any atom is 0.0461 e. The molecule has 0 bridgehead atoms. The fourth-order valence-electron chi connectivity index (χ4n) is 11.1. The van der Waals surface area contributed by atoms with Crippen LogP contribution in [-0.2, 0) is 11.8 Å². The summed E-state index contributed by atoms with van der Waals surface area (Å²) >= 11 is 0. The van der Waals surface area contributed by atoms with Crippen molar-refractivity contribution in [1.82, 2.24) is 0 Å². The van der Waals surface area contributed by atoms with Crippen LogP contribution in [0, 0.1) is 0 Å². The summed E-state index contributed by atoms with van der Waals surface area (Å²) in [7, 11) is 0. The molecule has 6 aromatic carbocycles. The van der Waals surface area contributed by atoms with Crippen LogP contribution in [0.3, 0.4) is 0 Å². The summed E-state index contributed by atoms with van der Waals surface area (Å²) < 4.78 is 0. The number of anilines is 4. The number of hydrogen-bond donors (Lipinski definition) is 0. The minimum Gasteiger partial charge on any atom is -0.314 e. The number of rotatable bonds is 10. The highest BCUT2D eigenvalue weighted by Crippen LogP contribution is 2.44. The number of aryl methyl sites for hydroxylation is 1. The minimum atomic E-state index is -0.0637. The third kappa shape index (κ3) is 8.00. The smallest absolute Gasteiger partial charge is 0.0461 e. The highest BCUT2D eigenvalue weighted by atomic mass is 15.2. The zero-order valence-corrected chi connectivity index (χ0v) is 38.3. The van der Waals surface area contributed by atoms with E-state index in [0.29, 0.717) is 11.8 Å². The lowest BCUT2D eigenvalue weighted by atomic mass is 9.70. The van der Waals surface area contributed by atoms with Crippen LogP contribution in [0.4, 0.5) is 22.7 Å². The van der Waals surface area contributed by atoms with E-state index >= 15 is 0 Å². The van der Waals surface area contributed by atoms with Gasteiger partial charge in [0, 0.05) is 51.4 Å². The van der Waals surface area contributed by atoms with Crippen molar-refractivity contribution in [2.75, 3.05) is 9.80 Å². The normalized spacial score (nSPS) is 20.6. The third-order valence-electron chi connectivity index (χ3n) is 14.7. The van der Waals surface area contributed by atoms with E-state index < -0.39 is 0 Å². The Morgan fingerprint density at radius 1 is 0.545 bits per heavy atom. The average molecular weight is 855 g/mol. The molecular formula is C64H58N2. The lowest BCUT2D eigenvalue weighted by Crippen LogP contribution is -2.26. The van der Waals surface area contributed by atoms with E-state index in [-0.39, 0.29) is 5.41 Å². The Morgan fingerprint density at radius 3 is 2.05 bits per heavy atom. The first kappa shape index (κ1) is 41.5. The summed E-state index contributed by atoms with van der Waals surface area (Å²) in [6.45, 7) is 4.65. The lowest BCUT2D eigenvalue weighted by Gasteiger charge is -2.34. The highest BCUT2D eigenvalue weighted by molar-refractivity contribution is 5.79. The van der Waals surface area contributed by atoms with Gasteiger partial charge >= 0.3 is 0 Å². The molecule has 5 aliphatic carbocycles. The third-order valence-corrected chi connectivity index (χ3v) is 14.7. The number of hydrogen-bond acceptors (Lipinski definition) is 2. The Morgan fingerprint density at radius 2 is 1.26 bits per heavy atom. The number of nitrogens with zero attached hydrogens (tertiary/aromatic N) is 2. The Labute approximate surface area is 392 Å². The van der Waals surface area contributed by atoms with Crippen LogP contribution in [0.15, 0.2) is 223 Å². The van der Waals surface area contributed by atoms with E-state index in [1.165, 1.54) is 72.7 Å². The van der Waals surface area contributed by atoms with E-state index in [1.807, 2.05) is 0 Å². The monoisotopic (exact) mass is 854 g/mol. The zero-order chi connectivity index (χ0) is 44.5. The van der Waals surface area contributed by atoms with Gasteiger partial charge in [-0.2, -0.15) is 0 Å². The van der Waals surface area contributed by atoms with Gasteiger partial charge in [0.15, 0.2) is 0 Å². The quantitative estimate of drug-likeness (QED) is 0.135. The molecule has 66 heavy (non-hydrogen) atoms. The van der Waals surface area contributed by atoms with Gasteiger partial charge in [-0.3, -0.25) is 0 Å². The first-order valence-electron chi connectivity index (χ1n) is 24.1. The molecule has 0 spiro atoms. The predicted molar refractivity (Wildman–Crippen MR) is 281 cm³/mol. The average Bonchev–Trinajstić information content (AvgIpc) is 3.38. The van der Waals surface area contributed by atoms with E-state index in [2.05, 4.69) is 242 Å². The Balaban J connectivity index is 0.835. The van der Waals surface area contributed by atoms with Crippen molar-refractivity contribution in [2.24, 2.45) is 0 Å². The Hall–Kier alpha value is -7.16. The molecule has 0 saturated carbocycles. The second-order valence-corrected chi connectivity index (χ2v) is 18.8. The molecule has 0 saturated heterocycles. The summed E-state index contributed by atoms with van der Waals surface area (Å²) in [4.78, 5) is 4.90. The molecule has 0 N–H and O–H groups in total. The molecular weight excluding hydrogens is 797 g/mol. The van der Waals surface area contributed by atoms with Crippen molar-refractivity contribution >= 4 is 40.5 Å². The highest BCUT2D eigenvalue weighted by Gasteiger charge is 2.32. The summed E-state index contributed by atoms with van der Waals surface area (Å²) in [5, 5.41) is 0. The topological polar surface area (TPSA) is 6.48 Å². The van der Waals surface area contributed by atoms with Gasteiger partial charge in [0.1, 0.15) is 0 Å². The van der Waals surface area contributed by atoms with Gasteiger partial charge in [-0.05, 0) is 162 Å². The molecule has 2 unspecified atom stereocenters. The van der Waals surface area contributed by atoms with Gasteiger partial charge in [0.25, 0.3) is 0 Å². The second kappa shape index (κ2) is 18.0. The maximum atomic E-state index is 2.52. The van der Waals surface area contributed by atoms with Crippen molar-refractivity contribution in [3.05, 3.63) is 268 Å². The van der Waals surface area contributed by atoms with Crippen molar-refractivity contribution in [2.45, 2.75) is 76.0 Å². The van der Waals surface area contributed by atoms with Crippen LogP contribution in [0.25, 0.3) is 17.7 Å². The van der Waals surface area contributed by atoms with Crippen LogP contribution >= 0.6 is 0 Å². The van der Waals surface area contributed by atoms with Crippen molar-refractivity contribution < 1.29 is 0 Å². The fraction of sp³-hybridized carbons (Fsp3) is 0.188. The molecule has 0 amide bonds. The van der Waals surface area contributed by atoms with Gasteiger partial charge in [-0.15, -0.1) is 0 Å². The summed E-state index contributed by atoms with van der Waals surface area (Å²) in [6.07, 6.45) is 35.7. The number of para-hydroxylation sites is 1. The summed E-state index contributed by atoms with van der Waals surface area (Å²) in [6, 6.07) is 54.3. The molecule has 0 aliphatic heterocycles. The maximum absolute atomic E-state index is 2.52. The first-order chi connectivity index (χ1) is 32.5. The standard InChI is InChI=1S/C64H58N2/c1-46-15-6-11-27-63(46)66(59-40-32-50(33-41-59)61-25-13-18-49-16-7-9-24-60(49)61)58-38-30-48(31-39-58)53-20-12-19-52(45-53)47-28-36-56(37-29-47)65(55-22-4-3-5-23-55)57-42-34-54(35-43-57)64(2)44-14-21-51-17-8-10-26-62(51)64/h3-6,8-10,12-15,17-18,20-26,28-32,34-43,45,50,52H,7,11,16,19,27,33,44H2,1-2H3/t50?,52?,64-/m0/s1. The molecule has 11 rings (SSSR count). The van der Waals surface area contributed by atoms with E-state index in [4.69, 9.17) is 0 Å². The molecule has 6 aromatic rings. The second-order valence-electron chi connectivity index (χ2n) is 18.8. The minimum absolute atomic E-state index is 0.0637. The molecule has 2 heteroatoms. The molecule has 324 valence electrons. The van der Waals surface area contributed by atoms with E-state index in [9.17, 15) is 0 Å². The number of allylic oxidation sites excluding steroid dienone is 13. The zero-order valence-electron chi connectivity index (χ0n) is 38.3. The van der Waals surface area contributed by atoms with Crippen LogP contribution in [0.1, 0.15) is 109 Å². The summed E-state index contributed by atoms with van der Waals surface area (Å²) in [5.74, 6) is 0.685. The molecule has 2 nitrogen and oxygen atoms in total. The molecule has 3 atom stereocenters. The summed E-state index contributed by atoms with van der Waals surface area (Å²) in [5.41, 5.74) is 20.9. The largest absolute Gasteiger partial charge is 0.314 e. The van der Waals surface area contributed by atoms with Crippen LogP contribution < -0.4 is 9.80 Å². The van der Waals surface area contributed by atoms with Gasteiger partial charge < -0.3 is 9.80 Å². The van der Waals surface area contributed by atoms with Crippen molar-refractivity contribution in [1.29, 1.82) is 0 Å².